The van der Waals surface area contributed by atoms with E-state index in [1.54, 1.807) is 0 Å². The number of hydrogen-bond donors (Lipinski definition) is 3. The molecule has 126 valence electrons. The van der Waals surface area contributed by atoms with Gasteiger partial charge in [0.25, 0.3) is 0 Å². The first-order chi connectivity index (χ1) is 11.1. The van der Waals surface area contributed by atoms with Crippen LogP contribution in [0.4, 0.5) is 14.9 Å². The summed E-state index contributed by atoms with van der Waals surface area (Å²) >= 11 is 0. The van der Waals surface area contributed by atoms with E-state index in [0.29, 0.717) is 36.8 Å². The van der Waals surface area contributed by atoms with Crippen LogP contribution < -0.4 is 15.4 Å². The SMILES string of the molecule is O=C(Nc1ccc(F)cc1OCC1CC1)NC1CCC(O)CC1. The molecule has 0 unspecified atom stereocenters. The highest BCUT2D eigenvalue weighted by molar-refractivity contribution is 5.91. The lowest BCUT2D eigenvalue weighted by Crippen LogP contribution is -2.40. The molecule has 0 atom stereocenters. The average Bonchev–Trinajstić information content (AvgIpc) is 3.34. The van der Waals surface area contributed by atoms with Crippen molar-refractivity contribution in [1.82, 2.24) is 5.32 Å². The maximum absolute atomic E-state index is 13.4. The standard InChI is InChI=1S/C17H23FN2O3/c18-12-3-8-15(16(9-12)23-10-11-1-2-11)20-17(22)19-13-4-6-14(21)7-5-13/h3,8-9,11,13-14,21H,1-2,4-7,10H2,(H2,19,20,22). The molecule has 2 amide bonds. The molecule has 2 fully saturated rings. The summed E-state index contributed by atoms with van der Waals surface area (Å²) in [6.45, 7) is 0.556. The normalized spacial score (nSPS) is 24.1. The first kappa shape index (κ1) is 16.1. The van der Waals surface area contributed by atoms with E-state index in [0.717, 1.165) is 25.7 Å². The van der Waals surface area contributed by atoms with Crippen molar-refractivity contribution in [1.29, 1.82) is 0 Å². The van der Waals surface area contributed by atoms with Gasteiger partial charge in [-0.2, -0.15) is 0 Å². The molecule has 0 bridgehead atoms. The Hall–Kier alpha value is -1.82. The number of halogens is 1. The van der Waals surface area contributed by atoms with Crippen molar-refractivity contribution >= 4 is 11.7 Å². The molecule has 0 aliphatic heterocycles. The van der Waals surface area contributed by atoms with Gasteiger partial charge in [0.05, 0.1) is 18.4 Å². The van der Waals surface area contributed by atoms with Gasteiger partial charge in [0.1, 0.15) is 11.6 Å². The van der Waals surface area contributed by atoms with Crippen LogP contribution in [-0.2, 0) is 0 Å². The van der Waals surface area contributed by atoms with E-state index >= 15 is 0 Å². The maximum Gasteiger partial charge on any atom is 0.319 e. The van der Waals surface area contributed by atoms with E-state index in [1.807, 2.05) is 0 Å². The average molecular weight is 322 g/mol. The quantitative estimate of drug-likeness (QED) is 0.780. The summed E-state index contributed by atoms with van der Waals surface area (Å²) in [5.74, 6) is 0.530. The van der Waals surface area contributed by atoms with Gasteiger partial charge in [-0.05, 0) is 56.6 Å². The molecule has 5 nitrogen and oxygen atoms in total. The third kappa shape index (κ3) is 4.82. The third-order valence-corrected chi connectivity index (χ3v) is 4.40. The minimum absolute atomic E-state index is 0.0645. The van der Waals surface area contributed by atoms with Crippen LogP contribution in [0.1, 0.15) is 38.5 Å². The van der Waals surface area contributed by atoms with Gasteiger partial charge in [0.2, 0.25) is 0 Å². The Morgan fingerprint density at radius 1 is 1.22 bits per heavy atom. The second kappa shape index (κ2) is 7.17. The van der Waals surface area contributed by atoms with Gasteiger partial charge in [-0.25, -0.2) is 9.18 Å². The summed E-state index contributed by atoms with van der Waals surface area (Å²) in [7, 11) is 0. The minimum atomic E-state index is -0.386. The fourth-order valence-corrected chi connectivity index (χ4v) is 2.77. The highest BCUT2D eigenvalue weighted by atomic mass is 19.1. The van der Waals surface area contributed by atoms with Gasteiger partial charge in [-0.1, -0.05) is 0 Å². The van der Waals surface area contributed by atoms with Gasteiger partial charge in [0.15, 0.2) is 0 Å². The number of aliphatic hydroxyl groups excluding tert-OH is 1. The Morgan fingerprint density at radius 2 is 1.96 bits per heavy atom. The lowest BCUT2D eigenvalue weighted by atomic mass is 9.93. The molecule has 1 aromatic rings. The van der Waals surface area contributed by atoms with Crippen molar-refractivity contribution in [2.75, 3.05) is 11.9 Å². The lowest BCUT2D eigenvalue weighted by molar-refractivity contribution is 0.118. The second-order valence-electron chi connectivity index (χ2n) is 6.50. The topological polar surface area (TPSA) is 70.6 Å². The van der Waals surface area contributed by atoms with Crippen molar-refractivity contribution in [2.24, 2.45) is 5.92 Å². The summed E-state index contributed by atoms with van der Waals surface area (Å²) < 4.78 is 19.0. The van der Waals surface area contributed by atoms with Crippen LogP contribution >= 0.6 is 0 Å². The van der Waals surface area contributed by atoms with Crippen molar-refractivity contribution in [3.63, 3.8) is 0 Å². The van der Waals surface area contributed by atoms with Crippen LogP contribution in [0.15, 0.2) is 18.2 Å². The number of rotatable bonds is 5. The molecule has 3 N–H and O–H groups in total. The Kier molecular flexibility index (Phi) is 5.00. The zero-order valence-electron chi connectivity index (χ0n) is 13.1. The van der Waals surface area contributed by atoms with Crippen LogP contribution in [0.2, 0.25) is 0 Å². The molecule has 0 spiro atoms. The summed E-state index contributed by atoms with van der Waals surface area (Å²) in [5.41, 5.74) is 0.473. The monoisotopic (exact) mass is 322 g/mol. The van der Waals surface area contributed by atoms with Gasteiger partial charge in [0, 0.05) is 12.1 Å². The van der Waals surface area contributed by atoms with Crippen LogP contribution in [0.5, 0.6) is 5.75 Å². The second-order valence-corrected chi connectivity index (χ2v) is 6.50. The molecular formula is C17H23FN2O3. The van der Waals surface area contributed by atoms with Crippen molar-refractivity contribution in [3.8, 4) is 5.75 Å². The molecular weight excluding hydrogens is 299 g/mol. The number of benzene rings is 1. The van der Waals surface area contributed by atoms with E-state index < -0.39 is 0 Å². The summed E-state index contributed by atoms with van der Waals surface area (Å²) in [4.78, 5) is 12.1. The van der Waals surface area contributed by atoms with Crippen LogP contribution in [0, 0.1) is 11.7 Å². The van der Waals surface area contributed by atoms with Gasteiger partial charge < -0.3 is 20.5 Å². The van der Waals surface area contributed by atoms with Gasteiger partial charge in [-0.3, -0.25) is 0 Å². The predicted octanol–water partition coefficient (Wildman–Crippen LogP) is 3.04. The van der Waals surface area contributed by atoms with Gasteiger partial charge >= 0.3 is 6.03 Å². The molecule has 23 heavy (non-hydrogen) atoms. The number of ether oxygens (including phenoxy) is 1. The largest absolute Gasteiger partial charge is 0.491 e. The van der Waals surface area contributed by atoms with Crippen molar-refractivity contribution in [3.05, 3.63) is 24.0 Å². The number of urea groups is 1. The van der Waals surface area contributed by atoms with Crippen molar-refractivity contribution in [2.45, 2.75) is 50.7 Å². The first-order valence-corrected chi connectivity index (χ1v) is 8.28. The summed E-state index contributed by atoms with van der Waals surface area (Å²) in [5, 5.41) is 15.1. The number of carbonyl (C=O) groups excluding carboxylic acids is 1. The number of carbonyl (C=O) groups is 1. The van der Waals surface area contributed by atoms with E-state index in [2.05, 4.69) is 10.6 Å². The van der Waals surface area contributed by atoms with Crippen LogP contribution in [0.3, 0.4) is 0 Å². The highest BCUT2D eigenvalue weighted by Gasteiger charge is 2.23. The molecule has 0 saturated heterocycles. The third-order valence-electron chi connectivity index (χ3n) is 4.40. The van der Waals surface area contributed by atoms with Crippen LogP contribution in [-0.4, -0.2) is 29.9 Å². The lowest BCUT2D eigenvalue weighted by Gasteiger charge is -2.26. The molecule has 0 radical (unpaired) electrons. The number of amides is 2. The zero-order valence-corrected chi connectivity index (χ0v) is 13.1. The molecule has 0 aromatic heterocycles. The van der Waals surface area contributed by atoms with Crippen LogP contribution in [0.25, 0.3) is 0 Å². The first-order valence-electron chi connectivity index (χ1n) is 8.28. The Balaban J connectivity index is 1.56. The number of nitrogens with one attached hydrogen (secondary N) is 2. The zero-order chi connectivity index (χ0) is 16.2. The molecule has 2 aliphatic carbocycles. The predicted molar refractivity (Wildman–Crippen MR) is 85.0 cm³/mol. The minimum Gasteiger partial charge on any atom is -0.491 e. The maximum atomic E-state index is 13.4. The summed E-state index contributed by atoms with van der Waals surface area (Å²) in [6, 6.07) is 3.86. The summed E-state index contributed by atoms with van der Waals surface area (Å²) in [6.07, 6.45) is 4.98. The molecule has 6 heteroatoms. The Bertz CT molecular complexity index is 555. The molecule has 0 heterocycles. The molecule has 1 aromatic carbocycles. The number of anilines is 1. The molecule has 2 aliphatic rings. The fourth-order valence-electron chi connectivity index (χ4n) is 2.77. The van der Waals surface area contributed by atoms with Gasteiger partial charge in [-0.15, -0.1) is 0 Å². The van der Waals surface area contributed by atoms with E-state index in [-0.39, 0.29) is 24.0 Å². The van der Waals surface area contributed by atoms with E-state index in [1.165, 1.54) is 18.2 Å². The highest BCUT2D eigenvalue weighted by Crippen LogP contribution is 2.32. The fraction of sp³-hybridized carbons (Fsp3) is 0.588. The smallest absolute Gasteiger partial charge is 0.319 e. The van der Waals surface area contributed by atoms with E-state index in [9.17, 15) is 14.3 Å². The number of hydrogen-bond acceptors (Lipinski definition) is 3. The Morgan fingerprint density at radius 3 is 2.65 bits per heavy atom. The number of aliphatic hydroxyl groups is 1. The van der Waals surface area contributed by atoms with E-state index in [4.69, 9.17) is 4.74 Å². The van der Waals surface area contributed by atoms with Crippen molar-refractivity contribution < 1.29 is 19.0 Å². The molecule has 2 saturated carbocycles. The molecule has 3 rings (SSSR count). The Labute approximate surface area is 135 Å².